The SMILES string of the molecule is COc1cc2ncnc(Nc3ccc(F)c(Cl)c3)c2cc1NC(=O)/C=C/CN1CCC(N2CCN(C(=O)CCNc3cccc4c3C(=O)N(C3CCC(=O)NC3=O)C4=O)CC2)CC1. The van der Waals surface area contributed by atoms with Crippen molar-refractivity contribution in [1.82, 2.24) is 34.9 Å². The van der Waals surface area contributed by atoms with Gasteiger partial charge in [0, 0.05) is 87.1 Å². The number of amides is 6. The molecule has 0 saturated carbocycles. The third-order valence-electron chi connectivity index (χ3n) is 11.9. The lowest BCUT2D eigenvalue weighted by Crippen LogP contribution is -2.54. The quantitative estimate of drug-likeness (QED) is 0.110. The number of carbonyl (C=O) groups excluding carboxylic acids is 6. The number of methoxy groups -OCH3 is 1. The molecule has 63 heavy (non-hydrogen) atoms. The lowest BCUT2D eigenvalue weighted by Gasteiger charge is -2.42. The first-order valence-corrected chi connectivity index (χ1v) is 21.2. The van der Waals surface area contributed by atoms with E-state index >= 15 is 0 Å². The minimum absolute atomic E-state index is 0.00426. The molecule has 4 aliphatic heterocycles. The fourth-order valence-corrected chi connectivity index (χ4v) is 8.75. The van der Waals surface area contributed by atoms with Crippen LogP contribution in [0.2, 0.25) is 5.02 Å². The lowest BCUT2D eigenvalue weighted by molar-refractivity contribution is -0.136. The van der Waals surface area contributed by atoms with Gasteiger partial charge in [0.15, 0.2) is 0 Å². The summed E-state index contributed by atoms with van der Waals surface area (Å²) in [6.07, 6.45) is 6.99. The Balaban J connectivity index is 0.764. The zero-order chi connectivity index (χ0) is 44.2. The molecule has 5 heterocycles. The van der Waals surface area contributed by atoms with Crippen molar-refractivity contribution in [2.45, 2.75) is 44.2 Å². The molecular formula is C44H46ClFN10O7. The van der Waals surface area contributed by atoms with Gasteiger partial charge in [-0.1, -0.05) is 23.7 Å². The monoisotopic (exact) mass is 880 g/mol. The van der Waals surface area contributed by atoms with Gasteiger partial charge in [-0.05, 0) is 68.8 Å². The number of aromatic nitrogens is 2. The van der Waals surface area contributed by atoms with Crippen LogP contribution in [0.4, 0.5) is 27.3 Å². The van der Waals surface area contributed by atoms with Crippen LogP contribution in [0, 0.1) is 5.82 Å². The van der Waals surface area contributed by atoms with Crippen LogP contribution in [0.15, 0.2) is 67.0 Å². The maximum Gasteiger partial charge on any atom is 0.264 e. The number of fused-ring (bicyclic) bond motifs is 2. The number of nitrogens with zero attached hydrogens (tertiary/aromatic N) is 6. The highest BCUT2D eigenvalue weighted by molar-refractivity contribution is 6.31. The maximum atomic E-state index is 13.7. The summed E-state index contributed by atoms with van der Waals surface area (Å²) in [6.45, 7) is 5.38. The number of hydrogen-bond acceptors (Lipinski definition) is 13. The number of rotatable bonds is 13. The highest BCUT2D eigenvalue weighted by Gasteiger charge is 2.45. The maximum absolute atomic E-state index is 13.7. The number of ether oxygens (including phenoxy) is 1. The van der Waals surface area contributed by atoms with Crippen molar-refractivity contribution in [2.75, 3.05) is 75.4 Å². The molecule has 8 rings (SSSR count). The fourth-order valence-electron chi connectivity index (χ4n) is 8.57. The molecule has 3 fully saturated rings. The summed E-state index contributed by atoms with van der Waals surface area (Å²) < 4.78 is 19.3. The molecule has 0 bridgehead atoms. The van der Waals surface area contributed by atoms with Crippen molar-refractivity contribution >= 4 is 80.8 Å². The van der Waals surface area contributed by atoms with Gasteiger partial charge in [0.1, 0.15) is 29.8 Å². The van der Waals surface area contributed by atoms with E-state index in [-0.39, 0.29) is 53.8 Å². The van der Waals surface area contributed by atoms with Crippen molar-refractivity contribution in [1.29, 1.82) is 0 Å². The second-order valence-corrected chi connectivity index (χ2v) is 16.1. The van der Waals surface area contributed by atoms with Crippen LogP contribution in [0.1, 0.15) is 52.8 Å². The molecule has 4 N–H and O–H groups in total. The Hall–Kier alpha value is -6.50. The van der Waals surface area contributed by atoms with Gasteiger partial charge in [-0.3, -0.25) is 48.8 Å². The van der Waals surface area contributed by atoms with Gasteiger partial charge < -0.3 is 25.6 Å². The molecule has 3 aromatic carbocycles. The molecule has 1 aromatic heterocycles. The Labute approximate surface area is 367 Å². The van der Waals surface area contributed by atoms with Crippen LogP contribution < -0.4 is 26.0 Å². The van der Waals surface area contributed by atoms with Crippen molar-refractivity contribution < 1.29 is 37.9 Å². The van der Waals surface area contributed by atoms with E-state index in [1.165, 1.54) is 37.7 Å². The fraction of sp³-hybridized carbons (Fsp3) is 0.364. The van der Waals surface area contributed by atoms with Gasteiger partial charge in [0.2, 0.25) is 23.6 Å². The van der Waals surface area contributed by atoms with E-state index in [0.29, 0.717) is 65.2 Å². The number of anilines is 4. The average Bonchev–Trinajstić information content (AvgIpc) is 3.54. The first-order valence-electron chi connectivity index (χ1n) is 20.8. The number of likely N-dealkylation sites (tertiary alicyclic amines) is 1. The molecule has 0 spiro atoms. The summed E-state index contributed by atoms with van der Waals surface area (Å²) in [5, 5.41) is 12.0. The molecule has 1 atom stereocenters. The molecule has 3 saturated heterocycles. The molecule has 0 aliphatic carbocycles. The van der Waals surface area contributed by atoms with Crippen LogP contribution >= 0.6 is 11.6 Å². The summed E-state index contributed by atoms with van der Waals surface area (Å²) in [6, 6.07) is 11.9. The normalized spacial score (nSPS) is 18.8. The minimum Gasteiger partial charge on any atom is -0.494 e. The van der Waals surface area contributed by atoms with Crippen LogP contribution in [-0.4, -0.2) is 137 Å². The minimum atomic E-state index is -1.05. The molecule has 4 aromatic rings. The Morgan fingerprint density at radius 1 is 0.952 bits per heavy atom. The highest BCUT2D eigenvalue weighted by Crippen LogP contribution is 2.35. The highest BCUT2D eigenvalue weighted by atomic mass is 35.5. The van der Waals surface area contributed by atoms with E-state index in [0.717, 1.165) is 43.9 Å². The van der Waals surface area contributed by atoms with Crippen LogP contribution in [0.5, 0.6) is 5.75 Å². The van der Waals surface area contributed by atoms with Gasteiger partial charge in [-0.2, -0.15) is 0 Å². The largest absolute Gasteiger partial charge is 0.494 e. The smallest absolute Gasteiger partial charge is 0.264 e. The van der Waals surface area contributed by atoms with E-state index in [1.54, 1.807) is 30.3 Å². The van der Waals surface area contributed by atoms with E-state index < -0.39 is 35.5 Å². The Morgan fingerprint density at radius 3 is 2.49 bits per heavy atom. The first kappa shape index (κ1) is 43.2. The lowest BCUT2D eigenvalue weighted by atomic mass is 10.0. The number of hydrogen-bond donors (Lipinski definition) is 4. The van der Waals surface area contributed by atoms with Crippen molar-refractivity contribution in [2.24, 2.45) is 0 Å². The van der Waals surface area contributed by atoms with Crippen molar-refractivity contribution in [3.63, 3.8) is 0 Å². The van der Waals surface area contributed by atoms with Crippen molar-refractivity contribution in [3.8, 4) is 5.75 Å². The number of benzene rings is 3. The number of piperidine rings is 2. The summed E-state index contributed by atoms with van der Waals surface area (Å²) in [4.78, 5) is 93.1. The number of carbonyl (C=O) groups is 6. The third kappa shape index (κ3) is 9.47. The summed E-state index contributed by atoms with van der Waals surface area (Å²) in [5.41, 5.74) is 2.30. The second kappa shape index (κ2) is 18.9. The Bertz CT molecular complexity index is 2510. The molecule has 1 unspecified atom stereocenters. The standard InChI is InChI=1S/C44H46ClFN10O7/c1-63-36-24-33-29(41(49-25-48-33)50-26-7-8-31(46)30(45)22-26)23-34(36)51-37(57)6-3-15-53-16-12-27(13-17-53)54-18-20-55(21-19-54)39(59)11-14-47-32-5-2-4-28-40(32)44(62)56(43(28)61)35-9-10-38(58)52-42(35)60/h2-8,22-25,27,35,47H,9-21H2,1H3,(H,51,57)(H,48,49,50)(H,52,58,60)/b6-3+. The topological polar surface area (TPSA) is 199 Å². The first-order chi connectivity index (χ1) is 30.5. The summed E-state index contributed by atoms with van der Waals surface area (Å²) >= 11 is 5.96. The van der Waals surface area contributed by atoms with Gasteiger partial charge in [-0.15, -0.1) is 0 Å². The van der Waals surface area contributed by atoms with E-state index in [1.807, 2.05) is 11.0 Å². The number of nitrogens with one attached hydrogen (secondary N) is 4. The zero-order valence-electron chi connectivity index (χ0n) is 34.5. The van der Waals surface area contributed by atoms with Crippen LogP contribution in [0.3, 0.4) is 0 Å². The molecule has 0 radical (unpaired) electrons. The second-order valence-electron chi connectivity index (χ2n) is 15.7. The van der Waals surface area contributed by atoms with Gasteiger partial charge in [0.05, 0.1) is 34.5 Å². The van der Waals surface area contributed by atoms with Gasteiger partial charge >= 0.3 is 0 Å². The Kier molecular flexibility index (Phi) is 12.9. The molecule has 19 heteroatoms. The van der Waals surface area contributed by atoms with Crippen LogP contribution in [0.25, 0.3) is 10.9 Å². The molecule has 4 aliphatic rings. The number of halogens is 2. The Morgan fingerprint density at radius 2 is 1.75 bits per heavy atom. The van der Waals surface area contributed by atoms with E-state index in [4.69, 9.17) is 16.3 Å². The van der Waals surface area contributed by atoms with Crippen molar-refractivity contribution in [3.05, 3.63) is 89.0 Å². The average molecular weight is 881 g/mol. The van der Waals surface area contributed by atoms with E-state index in [9.17, 15) is 33.2 Å². The summed E-state index contributed by atoms with van der Waals surface area (Å²) in [5.74, 6) is -2.28. The molecule has 17 nitrogen and oxygen atoms in total. The number of imide groups is 2. The van der Waals surface area contributed by atoms with Crippen LogP contribution in [-0.2, 0) is 19.2 Å². The third-order valence-corrected chi connectivity index (χ3v) is 12.2. The predicted octanol–water partition coefficient (Wildman–Crippen LogP) is 4.18. The van der Waals surface area contributed by atoms with E-state index in [2.05, 4.69) is 41.0 Å². The van der Waals surface area contributed by atoms with Gasteiger partial charge in [0.25, 0.3) is 11.8 Å². The molecule has 328 valence electrons. The molecule has 6 amide bonds. The molecular weight excluding hydrogens is 835 g/mol. The predicted molar refractivity (Wildman–Crippen MR) is 232 cm³/mol. The summed E-state index contributed by atoms with van der Waals surface area (Å²) in [7, 11) is 1.51. The number of piperazine rings is 1. The zero-order valence-corrected chi connectivity index (χ0v) is 35.3. The van der Waals surface area contributed by atoms with Gasteiger partial charge in [-0.25, -0.2) is 14.4 Å².